The number of phenols is 1. The minimum atomic E-state index is -0.0274. The van der Waals surface area contributed by atoms with E-state index in [1.54, 1.807) is 0 Å². The zero-order valence-corrected chi connectivity index (χ0v) is 7.74. The molecule has 14 heavy (non-hydrogen) atoms. The van der Waals surface area contributed by atoms with Crippen LogP contribution in [0.4, 0.5) is 0 Å². The summed E-state index contributed by atoms with van der Waals surface area (Å²) in [6, 6.07) is 2.83. The lowest BCUT2D eigenvalue weighted by Gasteiger charge is -2.18. The highest BCUT2D eigenvalue weighted by molar-refractivity contribution is 6.00. The second-order valence-corrected chi connectivity index (χ2v) is 3.05. The zero-order valence-electron chi connectivity index (χ0n) is 7.74. The van der Waals surface area contributed by atoms with Crippen LogP contribution in [0.15, 0.2) is 12.1 Å². The van der Waals surface area contributed by atoms with Crippen LogP contribution in [-0.2, 0) is 0 Å². The fourth-order valence-corrected chi connectivity index (χ4v) is 1.48. The van der Waals surface area contributed by atoms with Crippen molar-refractivity contribution in [3.63, 3.8) is 0 Å². The molecule has 1 aliphatic heterocycles. The number of methoxy groups -OCH3 is 1. The van der Waals surface area contributed by atoms with Gasteiger partial charge in [0.05, 0.1) is 19.3 Å². The van der Waals surface area contributed by atoms with Gasteiger partial charge in [0, 0.05) is 12.5 Å². The van der Waals surface area contributed by atoms with E-state index in [-0.39, 0.29) is 11.5 Å². The molecule has 1 aromatic carbocycles. The Kier molecular flexibility index (Phi) is 2.04. The molecule has 4 nitrogen and oxygen atoms in total. The number of carbonyl (C=O) groups excluding carboxylic acids is 1. The molecule has 0 bridgehead atoms. The van der Waals surface area contributed by atoms with Crippen molar-refractivity contribution < 1.29 is 19.4 Å². The fourth-order valence-electron chi connectivity index (χ4n) is 1.48. The van der Waals surface area contributed by atoms with E-state index in [1.165, 1.54) is 19.2 Å². The highest BCUT2D eigenvalue weighted by Crippen LogP contribution is 2.37. The van der Waals surface area contributed by atoms with Crippen LogP contribution >= 0.6 is 0 Å². The lowest BCUT2D eigenvalue weighted by atomic mass is 10.0. The standard InChI is InChI=1S/C10H10O4/c1-13-9-5-6(11)4-7-8(12)2-3-14-10(7)9/h4-5,11H,2-3H2,1H3. The summed E-state index contributed by atoms with van der Waals surface area (Å²) in [5.41, 5.74) is 0.396. The quantitative estimate of drug-likeness (QED) is 0.733. The smallest absolute Gasteiger partial charge is 0.172 e. The maximum atomic E-state index is 11.5. The van der Waals surface area contributed by atoms with Crippen molar-refractivity contribution in [2.75, 3.05) is 13.7 Å². The van der Waals surface area contributed by atoms with Crippen LogP contribution in [0.1, 0.15) is 16.8 Å². The molecule has 1 aromatic rings. The average molecular weight is 194 g/mol. The number of ketones is 1. The second kappa shape index (κ2) is 3.21. The monoisotopic (exact) mass is 194 g/mol. The van der Waals surface area contributed by atoms with Crippen molar-refractivity contribution in [2.24, 2.45) is 0 Å². The van der Waals surface area contributed by atoms with Gasteiger partial charge in [-0.15, -0.1) is 0 Å². The summed E-state index contributed by atoms with van der Waals surface area (Å²) in [6.07, 6.45) is 0.347. The van der Waals surface area contributed by atoms with E-state index >= 15 is 0 Å². The molecule has 0 saturated heterocycles. The molecular weight excluding hydrogens is 184 g/mol. The number of ether oxygens (including phenoxy) is 2. The van der Waals surface area contributed by atoms with E-state index in [1.807, 2.05) is 0 Å². The number of hydrogen-bond acceptors (Lipinski definition) is 4. The second-order valence-electron chi connectivity index (χ2n) is 3.05. The summed E-state index contributed by atoms with van der Waals surface area (Å²) in [5.74, 6) is 0.814. The number of carbonyl (C=O) groups is 1. The number of fused-ring (bicyclic) bond motifs is 1. The molecule has 1 aliphatic rings. The van der Waals surface area contributed by atoms with Gasteiger partial charge in [-0.1, -0.05) is 0 Å². The van der Waals surface area contributed by atoms with E-state index in [2.05, 4.69) is 0 Å². The normalized spacial score (nSPS) is 14.5. The van der Waals surface area contributed by atoms with Gasteiger partial charge in [-0.25, -0.2) is 0 Å². The summed E-state index contributed by atoms with van der Waals surface area (Å²) in [4.78, 5) is 11.5. The number of Topliss-reactive ketones (excluding diaryl/α,β-unsaturated/α-hetero) is 1. The number of benzene rings is 1. The molecule has 2 rings (SSSR count). The highest BCUT2D eigenvalue weighted by Gasteiger charge is 2.23. The van der Waals surface area contributed by atoms with Crippen LogP contribution in [0.2, 0.25) is 0 Å². The topological polar surface area (TPSA) is 55.8 Å². The third-order valence-corrected chi connectivity index (χ3v) is 2.14. The van der Waals surface area contributed by atoms with Gasteiger partial charge in [0.25, 0.3) is 0 Å². The van der Waals surface area contributed by atoms with Crippen LogP contribution < -0.4 is 9.47 Å². The van der Waals surface area contributed by atoms with Gasteiger partial charge in [0.15, 0.2) is 17.3 Å². The lowest BCUT2D eigenvalue weighted by molar-refractivity contribution is 0.0929. The third-order valence-electron chi connectivity index (χ3n) is 2.14. The SMILES string of the molecule is COc1cc(O)cc2c1OCCC2=O. The molecule has 0 unspecified atom stereocenters. The number of aromatic hydroxyl groups is 1. The van der Waals surface area contributed by atoms with Crippen LogP contribution in [0, 0.1) is 0 Å². The Labute approximate surface area is 81.1 Å². The van der Waals surface area contributed by atoms with Gasteiger partial charge in [-0.3, -0.25) is 4.79 Å². The van der Waals surface area contributed by atoms with Crippen LogP contribution in [0.3, 0.4) is 0 Å². The Balaban J connectivity index is 2.60. The summed E-state index contributed by atoms with van der Waals surface area (Å²) < 4.78 is 10.3. The average Bonchev–Trinajstić information content (AvgIpc) is 2.18. The first-order valence-corrected chi connectivity index (χ1v) is 4.29. The van der Waals surface area contributed by atoms with Crippen molar-refractivity contribution in [1.82, 2.24) is 0 Å². The third kappa shape index (κ3) is 1.28. The fraction of sp³-hybridized carbons (Fsp3) is 0.300. The molecule has 0 spiro atoms. The van der Waals surface area contributed by atoms with E-state index in [0.717, 1.165) is 0 Å². The molecule has 1 N–H and O–H groups in total. The van der Waals surface area contributed by atoms with Gasteiger partial charge < -0.3 is 14.6 Å². The maximum Gasteiger partial charge on any atom is 0.172 e. The zero-order chi connectivity index (χ0) is 10.1. The summed E-state index contributed by atoms with van der Waals surface area (Å²) in [5, 5.41) is 9.33. The Morgan fingerprint density at radius 1 is 1.50 bits per heavy atom. The molecule has 0 aliphatic carbocycles. The molecule has 0 atom stereocenters. The molecular formula is C10H10O4. The lowest BCUT2D eigenvalue weighted by Crippen LogP contribution is -2.15. The molecule has 0 fully saturated rings. The number of phenolic OH excluding ortho intramolecular Hbond substituents is 1. The van der Waals surface area contributed by atoms with Gasteiger partial charge in [0.2, 0.25) is 0 Å². The Morgan fingerprint density at radius 2 is 2.29 bits per heavy atom. The molecule has 0 radical (unpaired) electrons. The minimum Gasteiger partial charge on any atom is -0.508 e. The molecule has 74 valence electrons. The van der Waals surface area contributed by atoms with E-state index in [9.17, 15) is 9.90 Å². The van der Waals surface area contributed by atoms with Crippen LogP contribution in [0.5, 0.6) is 17.2 Å². The van der Waals surface area contributed by atoms with Crippen molar-refractivity contribution in [3.05, 3.63) is 17.7 Å². The van der Waals surface area contributed by atoms with E-state index in [4.69, 9.17) is 9.47 Å². The number of hydrogen-bond donors (Lipinski definition) is 1. The van der Waals surface area contributed by atoms with Crippen molar-refractivity contribution in [2.45, 2.75) is 6.42 Å². The first-order valence-electron chi connectivity index (χ1n) is 4.29. The molecule has 0 aromatic heterocycles. The number of rotatable bonds is 1. The predicted octanol–water partition coefficient (Wildman–Crippen LogP) is 1.37. The van der Waals surface area contributed by atoms with Gasteiger partial charge in [-0.05, 0) is 6.07 Å². The van der Waals surface area contributed by atoms with Crippen molar-refractivity contribution >= 4 is 5.78 Å². The predicted molar refractivity (Wildman–Crippen MR) is 49.1 cm³/mol. The summed E-state index contributed by atoms with van der Waals surface area (Å²) in [7, 11) is 1.47. The van der Waals surface area contributed by atoms with Gasteiger partial charge >= 0.3 is 0 Å². The Morgan fingerprint density at radius 3 is 3.00 bits per heavy atom. The molecule has 4 heteroatoms. The molecule has 0 saturated carbocycles. The van der Waals surface area contributed by atoms with Crippen molar-refractivity contribution in [1.29, 1.82) is 0 Å². The maximum absolute atomic E-state index is 11.5. The van der Waals surface area contributed by atoms with Crippen LogP contribution in [-0.4, -0.2) is 24.6 Å². The largest absolute Gasteiger partial charge is 0.508 e. The Bertz CT molecular complexity index is 384. The summed E-state index contributed by atoms with van der Waals surface area (Å²) in [6.45, 7) is 0.368. The van der Waals surface area contributed by atoms with Gasteiger partial charge in [0.1, 0.15) is 5.75 Å². The first kappa shape index (κ1) is 8.87. The van der Waals surface area contributed by atoms with E-state index in [0.29, 0.717) is 30.1 Å². The molecule has 0 amide bonds. The molecule has 1 heterocycles. The Hall–Kier alpha value is -1.71. The van der Waals surface area contributed by atoms with E-state index < -0.39 is 0 Å². The highest BCUT2D eigenvalue weighted by atomic mass is 16.5. The van der Waals surface area contributed by atoms with Gasteiger partial charge in [-0.2, -0.15) is 0 Å². The van der Waals surface area contributed by atoms with Crippen molar-refractivity contribution in [3.8, 4) is 17.2 Å². The van der Waals surface area contributed by atoms with Crippen LogP contribution in [0.25, 0.3) is 0 Å². The first-order chi connectivity index (χ1) is 6.72. The minimum absolute atomic E-state index is 0.0134. The summed E-state index contributed by atoms with van der Waals surface area (Å²) >= 11 is 0.